The van der Waals surface area contributed by atoms with Crippen LogP contribution in [0.25, 0.3) is 0 Å². The van der Waals surface area contributed by atoms with E-state index < -0.39 is 0 Å². The molecule has 6 heteroatoms. The van der Waals surface area contributed by atoms with E-state index in [1.165, 1.54) is 11.3 Å². The highest BCUT2D eigenvalue weighted by Gasteiger charge is 2.13. The summed E-state index contributed by atoms with van der Waals surface area (Å²) in [6.45, 7) is 7.45. The number of amides is 1. The number of carbonyl (C=O) groups excluding carboxylic acids is 1. The lowest BCUT2D eigenvalue weighted by molar-refractivity contribution is -0.113. The Labute approximate surface area is 167 Å². The molecular formula is C20H23BrN2O2S. The van der Waals surface area contributed by atoms with Gasteiger partial charge in [-0.2, -0.15) is 0 Å². The van der Waals surface area contributed by atoms with Gasteiger partial charge in [0.1, 0.15) is 0 Å². The summed E-state index contributed by atoms with van der Waals surface area (Å²) in [5.74, 6) is 0.409. The molecule has 1 aliphatic heterocycles. The molecule has 1 saturated heterocycles. The van der Waals surface area contributed by atoms with E-state index in [1.54, 1.807) is 11.8 Å². The summed E-state index contributed by atoms with van der Waals surface area (Å²) in [5.41, 5.74) is 4.30. The van der Waals surface area contributed by atoms with Gasteiger partial charge in [0.05, 0.1) is 19.0 Å². The first-order valence-electron chi connectivity index (χ1n) is 8.65. The minimum atomic E-state index is 0.0135. The Bertz CT molecular complexity index is 791. The highest BCUT2D eigenvalue weighted by molar-refractivity contribution is 9.10. The number of aryl methyl sites for hydroxylation is 2. The largest absolute Gasteiger partial charge is 0.378 e. The minimum absolute atomic E-state index is 0.0135. The molecule has 1 fully saturated rings. The van der Waals surface area contributed by atoms with Crippen molar-refractivity contribution in [3.63, 3.8) is 0 Å². The third kappa shape index (κ3) is 5.02. The van der Waals surface area contributed by atoms with Crippen LogP contribution in [0.15, 0.2) is 45.8 Å². The second-order valence-electron chi connectivity index (χ2n) is 6.35. The molecule has 0 radical (unpaired) electrons. The van der Waals surface area contributed by atoms with Crippen LogP contribution in [-0.4, -0.2) is 38.0 Å². The van der Waals surface area contributed by atoms with Crippen LogP contribution in [0.3, 0.4) is 0 Å². The molecule has 4 nitrogen and oxygen atoms in total. The number of morpholine rings is 1. The van der Waals surface area contributed by atoms with Crippen LogP contribution in [0.2, 0.25) is 0 Å². The van der Waals surface area contributed by atoms with Gasteiger partial charge in [0.25, 0.3) is 0 Å². The summed E-state index contributed by atoms with van der Waals surface area (Å²) >= 11 is 5.02. The number of hydrogen-bond acceptors (Lipinski definition) is 4. The molecule has 26 heavy (non-hydrogen) atoms. The van der Waals surface area contributed by atoms with Crippen LogP contribution in [0.4, 0.5) is 11.4 Å². The molecule has 2 aromatic rings. The molecular weight excluding hydrogens is 412 g/mol. The van der Waals surface area contributed by atoms with Crippen molar-refractivity contribution in [1.29, 1.82) is 0 Å². The molecule has 2 aromatic carbocycles. The third-order valence-electron chi connectivity index (χ3n) is 4.36. The van der Waals surface area contributed by atoms with Crippen LogP contribution in [0.1, 0.15) is 11.1 Å². The first-order valence-corrected chi connectivity index (χ1v) is 10.4. The van der Waals surface area contributed by atoms with Gasteiger partial charge in [-0.3, -0.25) is 4.79 Å². The lowest BCUT2D eigenvalue weighted by atomic mass is 10.1. The number of hydrogen-bond donors (Lipinski definition) is 1. The van der Waals surface area contributed by atoms with E-state index in [-0.39, 0.29) is 5.91 Å². The fourth-order valence-electron chi connectivity index (χ4n) is 2.91. The van der Waals surface area contributed by atoms with Gasteiger partial charge < -0.3 is 15.0 Å². The monoisotopic (exact) mass is 434 g/mol. The van der Waals surface area contributed by atoms with Crippen molar-refractivity contribution >= 4 is 45.0 Å². The van der Waals surface area contributed by atoms with Crippen LogP contribution >= 0.6 is 27.7 Å². The second-order valence-corrected chi connectivity index (χ2v) is 8.28. The molecule has 0 unspecified atom stereocenters. The molecule has 0 aromatic heterocycles. The number of halogens is 1. The summed E-state index contributed by atoms with van der Waals surface area (Å²) in [4.78, 5) is 15.8. The molecule has 0 atom stereocenters. The van der Waals surface area contributed by atoms with Crippen LogP contribution < -0.4 is 10.2 Å². The summed E-state index contributed by atoms with van der Waals surface area (Å²) < 4.78 is 6.46. The van der Waals surface area contributed by atoms with Gasteiger partial charge in [-0.1, -0.05) is 15.9 Å². The predicted molar refractivity (Wildman–Crippen MR) is 112 cm³/mol. The van der Waals surface area contributed by atoms with Crippen LogP contribution in [0, 0.1) is 13.8 Å². The third-order valence-corrected chi connectivity index (χ3v) is 6.02. The van der Waals surface area contributed by atoms with Crippen molar-refractivity contribution in [3.8, 4) is 0 Å². The maximum Gasteiger partial charge on any atom is 0.234 e. The molecule has 0 spiro atoms. The zero-order chi connectivity index (χ0) is 18.5. The van der Waals surface area contributed by atoms with Gasteiger partial charge in [-0.05, 0) is 61.4 Å². The summed E-state index contributed by atoms with van der Waals surface area (Å²) in [5, 5.41) is 3.03. The SMILES string of the molecule is Cc1cc(N2CCOCC2)ccc1NC(=O)CSc1ccc(Br)cc1C. The highest BCUT2D eigenvalue weighted by atomic mass is 79.9. The topological polar surface area (TPSA) is 41.6 Å². The van der Waals surface area contributed by atoms with E-state index in [9.17, 15) is 4.79 Å². The highest BCUT2D eigenvalue weighted by Crippen LogP contribution is 2.27. The number of ether oxygens (including phenoxy) is 1. The first kappa shape index (κ1) is 19.3. The maximum atomic E-state index is 12.3. The molecule has 0 aliphatic carbocycles. The van der Waals surface area contributed by atoms with Crippen molar-refractivity contribution in [1.82, 2.24) is 0 Å². The van der Waals surface area contributed by atoms with Crippen LogP contribution in [-0.2, 0) is 9.53 Å². The Morgan fingerprint density at radius 1 is 1.15 bits per heavy atom. The molecule has 1 N–H and O–H groups in total. The van der Waals surface area contributed by atoms with Crippen molar-refractivity contribution in [2.75, 3.05) is 42.3 Å². The van der Waals surface area contributed by atoms with Crippen molar-refractivity contribution < 1.29 is 9.53 Å². The van der Waals surface area contributed by atoms with E-state index in [0.717, 1.165) is 46.9 Å². The summed E-state index contributed by atoms with van der Waals surface area (Å²) in [6.07, 6.45) is 0. The Hall–Kier alpha value is -1.50. The van der Waals surface area contributed by atoms with Crippen LogP contribution in [0.5, 0.6) is 0 Å². The normalized spacial score (nSPS) is 14.3. The molecule has 0 bridgehead atoms. The molecule has 138 valence electrons. The van der Waals surface area contributed by atoms with Crippen molar-refractivity contribution in [2.45, 2.75) is 18.7 Å². The Kier molecular flexibility index (Phi) is 6.62. The first-order chi connectivity index (χ1) is 12.5. The number of rotatable bonds is 5. The lowest BCUT2D eigenvalue weighted by Gasteiger charge is -2.29. The second kappa shape index (κ2) is 8.93. The van der Waals surface area contributed by atoms with E-state index in [1.807, 2.05) is 25.1 Å². The van der Waals surface area contributed by atoms with Gasteiger partial charge in [0, 0.05) is 33.8 Å². The van der Waals surface area contributed by atoms with Gasteiger partial charge in [-0.15, -0.1) is 11.8 Å². The van der Waals surface area contributed by atoms with Crippen molar-refractivity contribution in [2.24, 2.45) is 0 Å². The number of anilines is 2. The minimum Gasteiger partial charge on any atom is -0.378 e. The standard InChI is InChI=1S/C20H23BrN2O2S/c1-14-12-17(23-7-9-25-10-8-23)4-5-18(14)22-20(24)13-26-19-6-3-16(21)11-15(19)2/h3-6,11-12H,7-10,13H2,1-2H3,(H,22,24). The van der Waals surface area contributed by atoms with Gasteiger partial charge in [0.15, 0.2) is 0 Å². The zero-order valence-electron chi connectivity index (χ0n) is 15.0. The average molecular weight is 435 g/mol. The Morgan fingerprint density at radius 2 is 1.92 bits per heavy atom. The lowest BCUT2D eigenvalue weighted by Crippen LogP contribution is -2.36. The molecule has 1 aliphatic rings. The zero-order valence-corrected chi connectivity index (χ0v) is 17.5. The number of benzene rings is 2. The van der Waals surface area contributed by atoms with Gasteiger partial charge >= 0.3 is 0 Å². The molecule has 1 amide bonds. The number of nitrogens with zero attached hydrogens (tertiary/aromatic N) is 1. The van der Waals surface area contributed by atoms with Gasteiger partial charge in [-0.25, -0.2) is 0 Å². The molecule has 1 heterocycles. The fraction of sp³-hybridized carbons (Fsp3) is 0.350. The summed E-state index contributed by atoms with van der Waals surface area (Å²) in [7, 11) is 0. The van der Waals surface area contributed by atoms with E-state index in [2.05, 4.69) is 51.3 Å². The summed E-state index contributed by atoms with van der Waals surface area (Å²) in [6, 6.07) is 12.3. The number of thioether (sulfide) groups is 1. The maximum absolute atomic E-state index is 12.3. The predicted octanol–water partition coefficient (Wildman–Crippen LogP) is 4.63. The number of nitrogens with one attached hydrogen (secondary N) is 1. The fourth-order valence-corrected chi connectivity index (χ4v) is 4.20. The van der Waals surface area contributed by atoms with Gasteiger partial charge in [0.2, 0.25) is 5.91 Å². The average Bonchev–Trinajstić information content (AvgIpc) is 2.63. The smallest absolute Gasteiger partial charge is 0.234 e. The quantitative estimate of drug-likeness (QED) is 0.696. The van der Waals surface area contributed by atoms with E-state index in [0.29, 0.717) is 5.75 Å². The molecule has 0 saturated carbocycles. The van der Waals surface area contributed by atoms with Crippen molar-refractivity contribution in [3.05, 3.63) is 52.0 Å². The molecule has 3 rings (SSSR count). The Morgan fingerprint density at radius 3 is 2.62 bits per heavy atom. The number of carbonyl (C=O) groups is 1. The van der Waals surface area contributed by atoms with E-state index >= 15 is 0 Å². The van der Waals surface area contributed by atoms with E-state index in [4.69, 9.17) is 4.74 Å². The Balaban J connectivity index is 1.58.